The molecule has 9 heteroatoms. The highest BCUT2D eigenvalue weighted by Gasteiger charge is 2.30. The second-order valence-electron chi connectivity index (χ2n) is 6.41. The van der Waals surface area contributed by atoms with Crippen molar-refractivity contribution in [2.45, 2.75) is 22.5 Å². The Kier molecular flexibility index (Phi) is 6.36. The number of hydrogen-bond acceptors (Lipinski definition) is 4. The Morgan fingerprint density at radius 1 is 0.964 bits per heavy atom. The van der Waals surface area contributed by atoms with E-state index in [9.17, 15) is 22.0 Å². The molecular formula is C19H20F2N2O3S2. The van der Waals surface area contributed by atoms with Gasteiger partial charge in [0.1, 0.15) is 0 Å². The predicted molar refractivity (Wildman–Crippen MR) is 104 cm³/mol. The van der Waals surface area contributed by atoms with Crippen LogP contribution in [-0.2, 0) is 10.0 Å². The van der Waals surface area contributed by atoms with E-state index in [4.69, 9.17) is 0 Å². The number of alkyl halides is 2. The molecule has 0 bridgehead atoms. The number of rotatable bonds is 5. The van der Waals surface area contributed by atoms with Crippen molar-refractivity contribution in [1.29, 1.82) is 0 Å². The van der Waals surface area contributed by atoms with Crippen molar-refractivity contribution in [3.05, 3.63) is 59.7 Å². The van der Waals surface area contributed by atoms with Crippen LogP contribution < -0.4 is 0 Å². The van der Waals surface area contributed by atoms with Crippen molar-refractivity contribution in [3.63, 3.8) is 0 Å². The molecule has 0 N–H and O–H groups in total. The van der Waals surface area contributed by atoms with E-state index >= 15 is 0 Å². The molecule has 0 aliphatic carbocycles. The first-order valence-electron chi connectivity index (χ1n) is 8.68. The summed E-state index contributed by atoms with van der Waals surface area (Å²) in [4.78, 5) is 14.8. The molecule has 2 aromatic rings. The number of carbonyl (C=O) groups excluding carboxylic acids is 1. The van der Waals surface area contributed by atoms with Crippen molar-refractivity contribution >= 4 is 27.7 Å². The summed E-state index contributed by atoms with van der Waals surface area (Å²) in [7, 11) is -3.59. The second-order valence-corrected chi connectivity index (χ2v) is 9.41. The first-order valence-corrected chi connectivity index (χ1v) is 11.0. The molecule has 1 amide bonds. The first-order chi connectivity index (χ1) is 13.3. The first kappa shape index (κ1) is 20.8. The van der Waals surface area contributed by atoms with Gasteiger partial charge < -0.3 is 4.90 Å². The van der Waals surface area contributed by atoms with Gasteiger partial charge in [0.05, 0.1) is 4.90 Å². The molecule has 1 heterocycles. The van der Waals surface area contributed by atoms with Crippen LogP contribution in [0, 0.1) is 6.92 Å². The predicted octanol–water partition coefficient (Wildman–Crippen LogP) is 3.46. The van der Waals surface area contributed by atoms with Gasteiger partial charge in [-0.3, -0.25) is 4.79 Å². The van der Waals surface area contributed by atoms with E-state index in [0.717, 1.165) is 5.56 Å². The molecule has 1 aliphatic heterocycles. The summed E-state index contributed by atoms with van der Waals surface area (Å²) in [5.74, 6) is -2.74. The molecule has 0 radical (unpaired) electrons. The van der Waals surface area contributed by atoms with Gasteiger partial charge in [-0.05, 0) is 43.3 Å². The third kappa shape index (κ3) is 4.71. The highest BCUT2D eigenvalue weighted by molar-refractivity contribution is 7.99. The third-order valence-corrected chi connectivity index (χ3v) is 7.15. The lowest BCUT2D eigenvalue weighted by atomic mass is 10.2. The fourth-order valence-electron chi connectivity index (χ4n) is 2.95. The van der Waals surface area contributed by atoms with Gasteiger partial charge >= 0.3 is 0 Å². The largest absolute Gasteiger partial charge is 0.336 e. The molecule has 1 saturated heterocycles. The molecular weight excluding hydrogens is 406 g/mol. The van der Waals surface area contributed by atoms with Gasteiger partial charge in [-0.1, -0.05) is 29.5 Å². The summed E-state index contributed by atoms with van der Waals surface area (Å²) in [6.07, 6.45) is 0. The number of thioether (sulfide) groups is 1. The SMILES string of the molecule is Cc1ccc(S(=O)(=O)N2CCN(C(=O)c3ccc(SC(F)F)cc3)CC2)cc1. The summed E-state index contributed by atoms with van der Waals surface area (Å²) in [5.41, 5.74) is 1.38. The molecule has 0 spiro atoms. The standard InChI is InChI=1S/C19H20F2N2O3S2/c1-14-2-8-17(9-3-14)28(25,26)23-12-10-22(11-13-23)18(24)15-4-6-16(7-5-15)27-19(20)21/h2-9,19H,10-13H2,1H3. The van der Waals surface area contributed by atoms with E-state index in [2.05, 4.69) is 0 Å². The van der Waals surface area contributed by atoms with Crippen LogP contribution in [0.25, 0.3) is 0 Å². The minimum atomic E-state index is -3.59. The van der Waals surface area contributed by atoms with Crippen LogP contribution in [0.5, 0.6) is 0 Å². The fourth-order valence-corrected chi connectivity index (χ4v) is 4.87. The number of aryl methyl sites for hydroxylation is 1. The summed E-state index contributed by atoms with van der Waals surface area (Å²) < 4.78 is 51.6. The van der Waals surface area contributed by atoms with Crippen molar-refractivity contribution in [2.75, 3.05) is 26.2 Å². The molecule has 1 aliphatic rings. The number of sulfonamides is 1. The zero-order valence-electron chi connectivity index (χ0n) is 15.2. The number of amides is 1. The molecule has 0 atom stereocenters. The van der Waals surface area contributed by atoms with E-state index in [1.165, 1.54) is 28.6 Å². The number of carbonyl (C=O) groups is 1. The Labute approximate surface area is 167 Å². The summed E-state index contributed by atoms with van der Waals surface area (Å²) in [5, 5.41) is 0. The molecule has 5 nitrogen and oxygen atoms in total. The van der Waals surface area contributed by atoms with Crippen LogP contribution in [0.4, 0.5) is 8.78 Å². The van der Waals surface area contributed by atoms with Crippen molar-refractivity contribution in [3.8, 4) is 0 Å². The Balaban J connectivity index is 1.63. The summed E-state index contributed by atoms with van der Waals surface area (Å²) >= 11 is 0.425. The smallest absolute Gasteiger partial charge is 0.288 e. The Morgan fingerprint density at radius 3 is 2.07 bits per heavy atom. The van der Waals surface area contributed by atoms with E-state index in [1.807, 2.05) is 6.92 Å². The molecule has 0 saturated carbocycles. The monoisotopic (exact) mass is 426 g/mol. The number of nitrogens with zero attached hydrogens (tertiary/aromatic N) is 2. The minimum Gasteiger partial charge on any atom is -0.336 e. The lowest BCUT2D eigenvalue weighted by Crippen LogP contribution is -2.50. The number of piperazine rings is 1. The van der Waals surface area contributed by atoms with Gasteiger partial charge in [-0.15, -0.1) is 0 Å². The second kappa shape index (κ2) is 8.59. The van der Waals surface area contributed by atoms with Gasteiger partial charge in [0.15, 0.2) is 0 Å². The van der Waals surface area contributed by atoms with Crippen LogP contribution >= 0.6 is 11.8 Å². The molecule has 2 aromatic carbocycles. The fraction of sp³-hybridized carbons (Fsp3) is 0.316. The Hall–Kier alpha value is -1.97. The average molecular weight is 427 g/mol. The van der Waals surface area contributed by atoms with Crippen molar-refractivity contribution < 1.29 is 22.0 Å². The van der Waals surface area contributed by atoms with Gasteiger partial charge in [0.2, 0.25) is 10.0 Å². The topological polar surface area (TPSA) is 57.7 Å². The molecule has 28 heavy (non-hydrogen) atoms. The maximum absolute atomic E-state index is 12.7. The maximum atomic E-state index is 12.7. The van der Waals surface area contributed by atoms with Crippen molar-refractivity contribution in [2.24, 2.45) is 0 Å². The third-order valence-electron chi connectivity index (χ3n) is 4.51. The molecule has 0 unspecified atom stereocenters. The zero-order chi connectivity index (χ0) is 20.3. The van der Waals surface area contributed by atoms with E-state index in [1.54, 1.807) is 29.2 Å². The van der Waals surface area contributed by atoms with Gasteiger partial charge in [0.25, 0.3) is 11.7 Å². The minimum absolute atomic E-state index is 0.210. The lowest BCUT2D eigenvalue weighted by Gasteiger charge is -2.34. The normalized spacial score (nSPS) is 15.8. The highest BCUT2D eigenvalue weighted by Crippen LogP contribution is 2.25. The average Bonchev–Trinajstić information content (AvgIpc) is 2.68. The van der Waals surface area contributed by atoms with Crippen LogP contribution in [0.1, 0.15) is 15.9 Å². The van der Waals surface area contributed by atoms with Crippen LogP contribution in [0.15, 0.2) is 58.3 Å². The number of hydrogen-bond donors (Lipinski definition) is 0. The Bertz CT molecular complexity index is 925. The van der Waals surface area contributed by atoms with Crippen LogP contribution in [-0.4, -0.2) is 55.5 Å². The maximum Gasteiger partial charge on any atom is 0.288 e. The van der Waals surface area contributed by atoms with Crippen LogP contribution in [0.3, 0.4) is 0 Å². The van der Waals surface area contributed by atoms with E-state index in [0.29, 0.717) is 22.2 Å². The van der Waals surface area contributed by atoms with E-state index in [-0.39, 0.29) is 37.0 Å². The van der Waals surface area contributed by atoms with Crippen LogP contribution in [0.2, 0.25) is 0 Å². The number of benzene rings is 2. The molecule has 150 valence electrons. The van der Waals surface area contributed by atoms with Crippen molar-refractivity contribution in [1.82, 2.24) is 9.21 Å². The molecule has 1 fully saturated rings. The quantitative estimate of drug-likeness (QED) is 0.687. The van der Waals surface area contributed by atoms with E-state index < -0.39 is 15.8 Å². The zero-order valence-corrected chi connectivity index (χ0v) is 16.8. The Morgan fingerprint density at radius 2 is 1.54 bits per heavy atom. The van der Waals surface area contributed by atoms with Gasteiger partial charge in [0, 0.05) is 36.6 Å². The molecule has 0 aromatic heterocycles. The summed E-state index contributed by atoms with van der Waals surface area (Å²) in [6, 6.07) is 12.7. The van der Waals surface area contributed by atoms with Gasteiger partial charge in [-0.25, -0.2) is 8.42 Å². The highest BCUT2D eigenvalue weighted by atomic mass is 32.2. The summed E-state index contributed by atoms with van der Waals surface area (Å²) in [6.45, 7) is 2.86. The molecule has 3 rings (SSSR count). The number of halogens is 2. The lowest BCUT2D eigenvalue weighted by molar-refractivity contribution is 0.0698. The van der Waals surface area contributed by atoms with Gasteiger partial charge in [-0.2, -0.15) is 13.1 Å².